The van der Waals surface area contributed by atoms with Gasteiger partial charge in [0, 0.05) is 30.0 Å². The van der Waals surface area contributed by atoms with Crippen LogP contribution in [0.2, 0.25) is 0 Å². The van der Waals surface area contributed by atoms with Crippen LogP contribution in [0.25, 0.3) is 0 Å². The van der Waals surface area contributed by atoms with E-state index in [0.29, 0.717) is 17.6 Å². The second kappa shape index (κ2) is 4.56. The molecule has 0 radical (unpaired) electrons. The van der Waals surface area contributed by atoms with Crippen LogP contribution in [0.15, 0.2) is 27.8 Å². The van der Waals surface area contributed by atoms with Crippen molar-refractivity contribution in [2.24, 2.45) is 0 Å². The van der Waals surface area contributed by atoms with Crippen LogP contribution < -0.4 is 0 Å². The molecule has 0 N–H and O–H groups in total. The van der Waals surface area contributed by atoms with Crippen LogP contribution in [0.5, 0.6) is 0 Å². The molecular formula is C11H13BrN2O3S. The van der Waals surface area contributed by atoms with E-state index in [0.717, 1.165) is 12.8 Å². The molecule has 0 amide bonds. The average molecular weight is 333 g/mol. The summed E-state index contributed by atoms with van der Waals surface area (Å²) in [6, 6.07) is 1.58. The lowest BCUT2D eigenvalue weighted by molar-refractivity contribution is -0.0114. The monoisotopic (exact) mass is 332 g/mol. The van der Waals surface area contributed by atoms with Gasteiger partial charge in [-0.25, -0.2) is 8.42 Å². The Labute approximate surface area is 114 Å². The summed E-state index contributed by atoms with van der Waals surface area (Å²) in [6.45, 7) is 0.899. The Bertz CT molecular complexity index is 551. The summed E-state index contributed by atoms with van der Waals surface area (Å²) in [4.78, 5) is 4.15. The second-order valence-electron chi connectivity index (χ2n) is 4.62. The molecule has 1 aromatic heterocycles. The zero-order valence-corrected chi connectivity index (χ0v) is 12.0. The van der Waals surface area contributed by atoms with E-state index < -0.39 is 10.0 Å². The van der Waals surface area contributed by atoms with E-state index in [4.69, 9.17) is 4.74 Å². The van der Waals surface area contributed by atoms with Crippen molar-refractivity contribution in [2.45, 2.75) is 29.9 Å². The Kier molecular flexibility index (Phi) is 3.17. The number of fused-ring (bicyclic) bond motifs is 2. The largest absolute Gasteiger partial charge is 0.372 e. The molecule has 2 aliphatic rings. The minimum atomic E-state index is -3.45. The van der Waals surface area contributed by atoms with Crippen molar-refractivity contribution in [1.82, 2.24) is 9.29 Å². The second-order valence-corrected chi connectivity index (χ2v) is 7.47. The standard InChI is InChI=1S/C11H13BrN2O3S/c12-8-3-11(5-13-4-8)18(15,16)14-6-9-1-2-10(7-14)17-9/h3-5,9-10H,1-2,6-7H2. The average Bonchev–Trinajstić information content (AvgIpc) is 2.68. The summed E-state index contributed by atoms with van der Waals surface area (Å²) in [5.41, 5.74) is 0. The first-order valence-electron chi connectivity index (χ1n) is 5.82. The molecule has 0 spiro atoms. The first kappa shape index (κ1) is 12.5. The lowest BCUT2D eigenvalue weighted by Gasteiger charge is -2.31. The SMILES string of the molecule is O=S(=O)(c1cncc(Br)c1)N1CC2CCC(C1)O2. The maximum absolute atomic E-state index is 12.5. The Morgan fingerprint density at radius 3 is 2.56 bits per heavy atom. The maximum atomic E-state index is 12.5. The Morgan fingerprint density at radius 1 is 1.28 bits per heavy atom. The van der Waals surface area contributed by atoms with Gasteiger partial charge in [-0.15, -0.1) is 0 Å². The van der Waals surface area contributed by atoms with Crippen molar-refractivity contribution >= 4 is 26.0 Å². The van der Waals surface area contributed by atoms with Crippen molar-refractivity contribution in [3.8, 4) is 0 Å². The van der Waals surface area contributed by atoms with Crippen molar-refractivity contribution in [3.05, 3.63) is 22.9 Å². The normalized spacial score (nSPS) is 28.5. The fourth-order valence-electron chi connectivity index (χ4n) is 2.46. The van der Waals surface area contributed by atoms with Crippen LogP contribution in [-0.2, 0) is 14.8 Å². The van der Waals surface area contributed by atoms with Crippen LogP contribution in [0, 0.1) is 0 Å². The van der Waals surface area contributed by atoms with E-state index in [2.05, 4.69) is 20.9 Å². The minimum Gasteiger partial charge on any atom is -0.372 e. The van der Waals surface area contributed by atoms with E-state index in [1.165, 1.54) is 10.5 Å². The highest BCUT2D eigenvalue weighted by Crippen LogP contribution is 2.30. The third-order valence-electron chi connectivity index (χ3n) is 3.33. The minimum absolute atomic E-state index is 0.0543. The molecule has 98 valence electrons. The van der Waals surface area contributed by atoms with Gasteiger partial charge in [0.1, 0.15) is 4.90 Å². The number of aromatic nitrogens is 1. The molecule has 7 heteroatoms. The number of rotatable bonds is 2. The number of ether oxygens (including phenoxy) is 1. The molecule has 3 rings (SSSR count). The first-order chi connectivity index (χ1) is 8.55. The summed E-state index contributed by atoms with van der Waals surface area (Å²) in [5, 5.41) is 0. The van der Waals surface area contributed by atoms with Crippen LogP contribution in [0.3, 0.4) is 0 Å². The van der Waals surface area contributed by atoms with Gasteiger partial charge in [-0.1, -0.05) is 0 Å². The van der Waals surface area contributed by atoms with Crippen molar-refractivity contribution in [1.29, 1.82) is 0 Å². The Hall–Kier alpha value is -0.500. The highest BCUT2D eigenvalue weighted by Gasteiger charge is 2.39. The predicted octanol–water partition coefficient (Wildman–Crippen LogP) is 1.40. The molecule has 2 fully saturated rings. The number of morpholine rings is 1. The van der Waals surface area contributed by atoms with Gasteiger partial charge < -0.3 is 4.74 Å². The third kappa shape index (κ3) is 2.20. The summed E-state index contributed by atoms with van der Waals surface area (Å²) in [7, 11) is -3.45. The van der Waals surface area contributed by atoms with E-state index in [9.17, 15) is 8.42 Å². The molecule has 2 saturated heterocycles. The molecule has 2 aliphatic heterocycles. The van der Waals surface area contributed by atoms with Gasteiger partial charge in [-0.05, 0) is 34.8 Å². The first-order valence-corrected chi connectivity index (χ1v) is 8.05. The Balaban J connectivity index is 1.91. The smallest absolute Gasteiger partial charge is 0.244 e. The zero-order valence-electron chi connectivity index (χ0n) is 9.62. The molecule has 0 aliphatic carbocycles. The van der Waals surface area contributed by atoms with E-state index >= 15 is 0 Å². The zero-order chi connectivity index (χ0) is 12.8. The van der Waals surface area contributed by atoms with Gasteiger partial charge >= 0.3 is 0 Å². The molecule has 2 bridgehead atoms. The molecule has 2 unspecified atom stereocenters. The number of hydrogen-bond acceptors (Lipinski definition) is 4. The van der Waals surface area contributed by atoms with E-state index in [1.54, 1.807) is 12.3 Å². The molecule has 0 saturated carbocycles. The van der Waals surface area contributed by atoms with E-state index in [1.807, 2.05) is 0 Å². The number of hydrogen-bond donors (Lipinski definition) is 0. The molecule has 3 heterocycles. The molecule has 1 aromatic rings. The number of halogens is 1. The summed E-state index contributed by atoms with van der Waals surface area (Å²) in [6.07, 6.45) is 4.97. The maximum Gasteiger partial charge on any atom is 0.244 e. The number of pyridine rings is 1. The van der Waals surface area contributed by atoms with Crippen LogP contribution in [-0.4, -0.2) is 43.0 Å². The van der Waals surface area contributed by atoms with Crippen LogP contribution >= 0.6 is 15.9 Å². The summed E-state index contributed by atoms with van der Waals surface area (Å²) in [5.74, 6) is 0. The molecule has 18 heavy (non-hydrogen) atoms. The fraction of sp³-hybridized carbons (Fsp3) is 0.545. The van der Waals surface area contributed by atoms with Crippen LogP contribution in [0.1, 0.15) is 12.8 Å². The summed E-state index contributed by atoms with van der Waals surface area (Å²) >= 11 is 3.24. The molecule has 5 nitrogen and oxygen atoms in total. The fourth-order valence-corrected chi connectivity index (χ4v) is 4.47. The molecule has 2 atom stereocenters. The molecular weight excluding hydrogens is 320 g/mol. The van der Waals surface area contributed by atoms with E-state index in [-0.39, 0.29) is 17.1 Å². The van der Waals surface area contributed by atoms with Gasteiger partial charge in [-0.3, -0.25) is 4.98 Å². The predicted molar refractivity (Wildman–Crippen MR) is 68.6 cm³/mol. The van der Waals surface area contributed by atoms with Crippen molar-refractivity contribution in [3.63, 3.8) is 0 Å². The van der Waals surface area contributed by atoms with Gasteiger partial charge in [-0.2, -0.15) is 4.31 Å². The van der Waals surface area contributed by atoms with Gasteiger partial charge in [0.25, 0.3) is 0 Å². The quantitative estimate of drug-likeness (QED) is 0.821. The highest BCUT2D eigenvalue weighted by molar-refractivity contribution is 9.10. The van der Waals surface area contributed by atoms with Crippen LogP contribution in [0.4, 0.5) is 0 Å². The summed E-state index contributed by atoms with van der Waals surface area (Å²) < 4.78 is 32.8. The van der Waals surface area contributed by atoms with Gasteiger partial charge in [0.05, 0.1) is 12.2 Å². The molecule has 0 aromatic carbocycles. The van der Waals surface area contributed by atoms with Gasteiger partial charge in [0.15, 0.2) is 0 Å². The topological polar surface area (TPSA) is 59.5 Å². The Morgan fingerprint density at radius 2 is 1.94 bits per heavy atom. The highest BCUT2D eigenvalue weighted by atomic mass is 79.9. The number of sulfonamides is 1. The lowest BCUT2D eigenvalue weighted by atomic mass is 10.2. The van der Waals surface area contributed by atoms with Crippen molar-refractivity contribution < 1.29 is 13.2 Å². The number of nitrogens with zero attached hydrogens (tertiary/aromatic N) is 2. The lowest BCUT2D eigenvalue weighted by Crippen LogP contribution is -2.45. The third-order valence-corrected chi connectivity index (χ3v) is 5.56. The van der Waals surface area contributed by atoms with Crippen molar-refractivity contribution in [2.75, 3.05) is 13.1 Å². The van der Waals surface area contributed by atoms with Gasteiger partial charge in [0.2, 0.25) is 10.0 Å².